The Labute approximate surface area is 176 Å². The molecule has 0 aromatic heterocycles. The second-order valence-electron chi connectivity index (χ2n) is 7.76. The molecule has 0 heterocycles. The van der Waals surface area contributed by atoms with Crippen LogP contribution in [0.2, 0.25) is 0 Å². The molecule has 0 saturated heterocycles. The van der Waals surface area contributed by atoms with Gasteiger partial charge in [-0.2, -0.15) is 0 Å². The summed E-state index contributed by atoms with van der Waals surface area (Å²) in [5.74, 6) is 0.313. The molecule has 2 aromatic rings. The van der Waals surface area contributed by atoms with Gasteiger partial charge in [-0.1, -0.05) is 24.3 Å². The highest BCUT2D eigenvalue weighted by Crippen LogP contribution is 2.30. The van der Waals surface area contributed by atoms with E-state index in [9.17, 15) is 18.0 Å². The Morgan fingerprint density at radius 2 is 1.57 bits per heavy atom. The van der Waals surface area contributed by atoms with Crippen LogP contribution in [-0.4, -0.2) is 38.6 Å². The first kappa shape index (κ1) is 22.0. The molecule has 30 heavy (non-hydrogen) atoms. The van der Waals surface area contributed by atoms with E-state index in [0.29, 0.717) is 35.5 Å². The van der Waals surface area contributed by atoms with Crippen LogP contribution in [0.5, 0.6) is 0 Å². The summed E-state index contributed by atoms with van der Waals surface area (Å²) in [6.45, 7) is 2.21. The first-order valence-electron chi connectivity index (χ1n) is 10.0. The molecule has 0 spiro atoms. The van der Waals surface area contributed by atoms with Crippen LogP contribution in [0, 0.1) is 11.8 Å². The zero-order valence-corrected chi connectivity index (χ0v) is 17.7. The third kappa shape index (κ3) is 5.48. The standard InChI is InChI=1S/C21H27N3O5S/c1-14(25)24-19-6-2-5-18-17(19)4-3-7-20(18)30(28,29)23-13-16-10-8-15(9-11-16)12-22-21(26)27/h2-7,15-16,22-23H,8-13H2,1H3,(H,24,25)(H,26,27)/t15-,16-. The summed E-state index contributed by atoms with van der Waals surface area (Å²) in [7, 11) is -3.72. The maximum Gasteiger partial charge on any atom is 0.404 e. The summed E-state index contributed by atoms with van der Waals surface area (Å²) in [5, 5.41) is 15.1. The average Bonchev–Trinajstić information content (AvgIpc) is 2.71. The van der Waals surface area contributed by atoms with Crippen LogP contribution >= 0.6 is 0 Å². The Morgan fingerprint density at radius 1 is 0.967 bits per heavy atom. The van der Waals surface area contributed by atoms with E-state index in [1.54, 1.807) is 36.4 Å². The molecule has 0 radical (unpaired) electrons. The van der Waals surface area contributed by atoms with Gasteiger partial charge in [-0.25, -0.2) is 17.9 Å². The number of amides is 2. The molecule has 3 rings (SSSR count). The molecule has 162 valence electrons. The van der Waals surface area contributed by atoms with Gasteiger partial charge in [0.15, 0.2) is 0 Å². The lowest BCUT2D eigenvalue weighted by Crippen LogP contribution is -2.34. The van der Waals surface area contributed by atoms with Gasteiger partial charge in [0.05, 0.1) is 4.90 Å². The molecule has 1 aliphatic rings. The van der Waals surface area contributed by atoms with Gasteiger partial charge >= 0.3 is 6.09 Å². The minimum Gasteiger partial charge on any atom is -0.465 e. The van der Waals surface area contributed by atoms with Gasteiger partial charge in [0.1, 0.15) is 0 Å². The molecule has 0 atom stereocenters. The molecular weight excluding hydrogens is 406 g/mol. The van der Waals surface area contributed by atoms with E-state index in [4.69, 9.17) is 5.11 Å². The molecule has 8 nitrogen and oxygen atoms in total. The number of hydrogen-bond acceptors (Lipinski definition) is 4. The van der Waals surface area contributed by atoms with Crippen LogP contribution in [0.15, 0.2) is 41.3 Å². The summed E-state index contributed by atoms with van der Waals surface area (Å²) in [5.41, 5.74) is 0.574. The van der Waals surface area contributed by atoms with Crippen LogP contribution in [-0.2, 0) is 14.8 Å². The third-order valence-corrected chi connectivity index (χ3v) is 7.03. The molecule has 0 unspecified atom stereocenters. The van der Waals surface area contributed by atoms with Crippen molar-refractivity contribution in [2.45, 2.75) is 37.5 Å². The van der Waals surface area contributed by atoms with E-state index in [-0.39, 0.29) is 16.7 Å². The minimum atomic E-state index is -3.72. The highest BCUT2D eigenvalue weighted by atomic mass is 32.2. The highest BCUT2D eigenvalue weighted by molar-refractivity contribution is 7.89. The first-order valence-corrected chi connectivity index (χ1v) is 11.5. The van der Waals surface area contributed by atoms with Crippen LogP contribution in [0.1, 0.15) is 32.6 Å². The number of fused-ring (bicyclic) bond motifs is 1. The normalized spacial score (nSPS) is 19.4. The number of rotatable bonds is 7. The smallest absolute Gasteiger partial charge is 0.404 e. The third-order valence-electron chi connectivity index (χ3n) is 5.55. The van der Waals surface area contributed by atoms with Crippen molar-refractivity contribution in [1.29, 1.82) is 0 Å². The summed E-state index contributed by atoms with van der Waals surface area (Å²) < 4.78 is 28.7. The SMILES string of the molecule is CC(=O)Nc1cccc2c(S(=O)(=O)NC[C@H]3CC[C@H](CNC(=O)O)CC3)cccc12. The lowest BCUT2D eigenvalue weighted by Gasteiger charge is -2.28. The van der Waals surface area contributed by atoms with E-state index in [1.165, 1.54) is 6.92 Å². The maximum atomic E-state index is 13.0. The van der Waals surface area contributed by atoms with Crippen molar-refractivity contribution in [3.63, 3.8) is 0 Å². The lowest BCUT2D eigenvalue weighted by atomic mass is 9.82. The molecular formula is C21H27N3O5S. The summed E-state index contributed by atoms with van der Waals surface area (Å²) in [6, 6.07) is 10.2. The average molecular weight is 434 g/mol. The monoisotopic (exact) mass is 433 g/mol. The number of carboxylic acid groups (broad SMARTS) is 1. The van der Waals surface area contributed by atoms with Gasteiger partial charge in [-0.15, -0.1) is 0 Å². The maximum absolute atomic E-state index is 13.0. The molecule has 1 saturated carbocycles. The Morgan fingerprint density at radius 3 is 2.20 bits per heavy atom. The second-order valence-corrected chi connectivity index (χ2v) is 9.50. The summed E-state index contributed by atoms with van der Waals surface area (Å²) in [6.07, 6.45) is 2.46. The molecule has 1 fully saturated rings. The molecule has 1 aliphatic carbocycles. The van der Waals surface area contributed by atoms with E-state index < -0.39 is 16.1 Å². The predicted molar refractivity (Wildman–Crippen MR) is 115 cm³/mol. The van der Waals surface area contributed by atoms with Gasteiger partial charge in [0.2, 0.25) is 15.9 Å². The fourth-order valence-corrected chi connectivity index (χ4v) is 5.33. The molecule has 2 amide bonds. The van der Waals surface area contributed by atoms with Crippen LogP contribution in [0.3, 0.4) is 0 Å². The van der Waals surface area contributed by atoms with E-state index in [0.717, 1.165) is 25.7 Å². The van der Waals surface area contributed by atoms with Gasteiger partial charge < -0.3 is 15.7 Å². The topological polar surface area (TPSA) is 125 Å². The lowest BCUT2D eigenvalue weighted by molar-refractivity contribution is -0.114. The van der Waals surface area contributed by atoms with Crippen molar-refractivity contribution in [2.24, 2.45) is 11.8 Å². The Hall–Kier alpha value is -2.65. The Kier molecular flexibility index (Phi) is 6.94. The zero-order chi connectivity index (χ0) is 21.7. The van der Waals surface area contributed by atoms with Crippen molar-refractivity contribution >= 4 is 38.5 Å². The zero-order valence-electron chi connectivity index (χ0n) is 16.8. The van der Waals surface area contributed by atoms with Crippen molar-refractivity contribution in [3.8, 4) is 0 Å². The van der Waals surface area contributed by atoms with Crippen molar-refractivity contribution in [1.82, 2.24) is 10.0 Å². The quantitative estimate of drug-likeness (QED) is 0.534. The number of carbonyl (C=O) groups is 2. The second kappa shape index (κ2) is 9.44. The molecule has 9 heteroatoms. The molecule has 4 N–H and O–H groups in total. The Bertz CT molecular complexity index is 1030. The number of hydrogen-bond donors (Lipinski definition) is 4. The summed E-state index contributed by atoms with van der Waals surface area (Å²) >= 11 is 0. The molecule has 0 aliphatic heterocycles. The minimum absolute atomic E-state index is 0.187. The fourth-order valence-electron chi connectivity index (χ4n) is 3.99. The largest absolute Gasteiger partial charge is 0.465 e. The van der Waals surface area contributed by atoms with Gasteiger partial charge in [0, 0.05) is 36.5 Å². The van der Waals surface area contributed by atoms with Crippen LogP contribution in [0.25, 0.3) is 10.8 Å². The molecule has 2 aromatic carbocycles. The van der Waals surface area contributed by atoms with E-state index in [2.05, 4.69) is 15.4 Å². The first-order chi connectivity index (χ1) is 14.3. The van der Waals surface area contributed by atoms with Crippen LogP contribution in [0.4, 0.5) is 10.5 Å². The van der Waals surface area contributed by atoms with Crippen molar-refractivity contribution < 1.29 is 23.1 Å². The predicted octanol–water partition coefficient (Wildman–Crippen LogP) is 3.15. The Balaban J connectivity index is 1.67. The number of anilines is 1. The molecule has 0 bridgehead atoms. The van der Waals surface area contributed by atoms with Gasteiger partial charge in [0.25, 0.3) is 0 Å². The summed E-state index contributed by atoms with van der Waals surface area (Å²) in [4.78, 5) is 22.2. The highest BCUT2D eigenvalue weighted by Gasteiger charge is 2.24. The van der Waals surface area contributed by atoms with Crippen molar-refractivity contribution in [3.05, 3.63) is 36.4 Å². The van der Waals surface area contributed by atoms with Gasteiger partial charge in [-0.3, -0.25) is 4.79 Å². The number of carbonyl (C=O) groups excluding carboxylic acids is 1. The fraction of sp³-hybridized carbons (Fsp3) is 0.429. The van der Waals surface area contributed by atoms with Gasteiger partial charge in [-0.05, 0) is 49.7 Å². The van der Waals surface area contributed by atoms with E-state index >= 15 is 0 Å². The number of sulfonamides is 1. The van der Waals surface area contributed by atoms with Crippen LogP contribution < -0.4 is 15.4 Å². The number of nitrogens with one attached hydrogen (secondary N) is 3. The van der Waals surface area contributed by atoms with E-state index in [1.807, 2.05) is 0 Å². The number of benzene rings is 2. The van der Waals surface area contributed by atoms with Crippen molar-refractivity contribution in [2.75, 3.05) is 18.4 Å².